The molecule has 264 valence electrons. The van der Waals surface area contributed by atoms with Crippen molar-refractivity contribution in [3.8, 4) is 11.8 Å². The number of hydrogen-bond acceptors (Lipinski definition) is 7. The number of nitrogens with two attached hydrogens (primary N) is 1. The number of urea groups is 1. The molecular weight excluding hydrogens is 626 g/mol. The van der Waals surface area contributed by atoms with Gasteiger partial charge >= 0.3 is 12.0 Å². The average Bonchev–Trinajstić information content (AvgIpc) is 3.51. The Labute approximate surface area is 288 Å². The number of likely N-dealkylation sites (tertiary alicyclic amines) is 1. The number of ketones is 1. The lowest BCUT2D eigenvalue weighted by molar-refractivity contribution is -0.160. The molecule has 1 aromatic rings. The van der Waals surface area contributed by atoms with E-state index in [0.29, 0.717) is 19.3 Å². The van der Waals surface area contributed by atoms with Crippen molar-refractivity contribution in [1.82, 2.24) is 20.9 Å². The fourth-order valence-electron chi connectivity index (χ4n) is 7.22. The maximum Gasteiger partial charge on any atom is 0.329 e. The van der Waals surface area contributed by atoms with Crippen LogP contribution in [0, 0.1) is 40.9 Å². The summed E-state index contributed by atoms with van der Waals surface area (Å²) in [6.07, 6.45) is 4.14. The van der Waals surface area contributed by atoms with Gasteiger partial charge in [-0.05, 0) is 68.4 Å². The van der Waals surface area contributed by atoms with Crippen molar-refractivity contribution >= 4 is 35.5 Å². The number of Topliss-reactive ketones (excluding diaryl/α,β-unsaturated/α-hetero) is 1. The zero-order valence-corrected chi connectivity index (χ0v) is 29.3. The van der Waals surface area contributed by atoms with Crippen molar-refractivity contribution in [1.29, 1.82) is 0 Å². The summed E-state index contributed by atoms with van der Waals surface area (Å²) in [6, 6.07) is 2.93. The Bertz CT molecular complexity index is 1550. The van der Waals surface area contributed by atoms with Gasteiger partial charge in [0.05, 0.1) is 17.9 Å². The SMILES string of the molecule is CC(C)(C)OC(=O)[C@@H](NC(=O)N[C@H](C(=O)N1C[C@@H]2C#C[C@@H]2[C@H]1C(=O)NC(CC1CCC1)C(=O)C(N)=O)C1Cc2ccccc2C1)C(C)(C)C. The molecular formula is C37H49N5O7. The summed E-state index contributed by atoms with van der Waals surface area (Å²) in [5, 5.41) is 8.38. The number of esters is 1. The first kappa shape index (κ1) is 35.9. The monoisotopic (exact) mass is 675 g/mol. The number of rotatable bonds is 11. The second-order valence-electron chi connectivity index (χ2n) is 16.0. The summed E-state index contributed by atoms with van der Waals surface area (Å²) in [4.78, 5) is 81.5. The van der Waals surface area contributed by atoms with Gasteiger partial charge in [0.25, 0.3) is 5.91 Å². The van der Waals surface area contributed by atoms with Crippen LogP contribution < -0.4 is 21.7 Å². The van der Waals surface area contributed by atoms with E-state index >= 15 is 0 Å². The Hall–Kier alpha value is -4.40. The molecule has 5 amide bonds. The first-order valence-electron chi connectivity index (χ1n) is 17.2. The van der Waals surface area contributed by atoms with Gasteiger partial charge < -0.3 is 31.3 Å². The first-order chi connectivity index (χ1) is 22.9. The van der Waals surface area contributed by atoms with Crippen molar-refractivity contribution in [2.45, 2.75) is 110 Å². The van der Waals surface area contributed by atoms with Gasteiger partial charge in [0.1, 0.15) is 23.7 Å². The van der Waals surface area contributed by atoms with Crippen molar-refractivity contribution in [2.24, 2.45) is 34.8 Å². The maximum absolute atomic E-state index is 14.6. The molecule has 12 heteroatoms. The number of primary amides is 1. The Balaban J connectivity index is 1.39. The van der Waals surface area contributed by atoms with Crippen LogP contribution in [0.15, 0.2) is 24.3 Å². The van der Waals surface area contributed by atoms with Crippen LogP contribution in [-0.2, 0) is 41.6 Å². The van der Waals surface area contributed by atoms with E-state index in [-0.39, 0.29) is 24.3 Å². The average molecular weight is 676 g/mol. The third kappa shape index (κ3) is 8.09. The molecule has 1 unspecified atom stereocenters. The minimum Gasteiger partial charge on any atom is -0.458 e. The van der Waals surface area contributed by atoms with E-state index in [1.807, 2.05) is 45.0 Å². The van der Waals surface area contributed by atoms with Crippen molar-refractivity contribution < 1.29 is 33.5 Å². The molecule has 1 saturated carbocycles. The molecule has 3 aliphatic carbocycles. The second-order valence-corrected chi connectivity index (χ2v) is 16.0. The van der Waals surface area contributed by atoms with Crippen LogP contribution in [-0.4, -0.2) is 76.7 Å². The summed E-state index contributed by atoms with van der Waals surface area (Å²) in [6.45, 7) is 10.8. The van der Waals surface area contributed by atoms with Gasteiger partial charge in [-0.2, -0.15) is 0 Å². The highest BCUT2D eigenvalue weighted by molar-refractivity contribution is 6.37. The highest BCUT2D eigenvalue weighted by Crippen LogP contribution is 2.37. The standard InChI is InChI=1S/C37H49N5O7/c1-36(2,3)30(34(47)49-37(4,5)6)41-35(48)40-27(24-17-21-12-7-8-13-22(21)18-24)33(46)42-19-23-14-15-25(23)28(42)32(45)39-26(29(43)31(38)44)16-20-10-9-11-20/h7-8,12-13,20,23-28,30H,9-11,16-19H2,1-6H3,(H2,38,44)(H,39,45)(H2,40,41,48)/t23-,25-,26?,27-,28-,30+/m0/s1. The topological polar surface area (TPSA) is 177 Å². The molecule has 4 aliphatic rings. The minimum atomic E-state index is -1.12. The van der Waals surface area contributed by atoms with Gasteiger partial charge in [-0.3, -0.25) is 19.2 Å². The number of ether oxygens (including phenoxy) is 1. The van der Waals surface area contributed by atoms with E-state index in [2.05, 4.69) is 27.8 Å². The van der Waals surface area contributed by atoms with Gasteiger partial charge in [-0.15, -0.1) is 0 Å². The number of hydrogen-bond donors (Lipinski definition) is 4. The Kier molecular flexibility index (Phi) is 10.1. The van der Waals surface area contributed by atoms with Crippen LogP contribution in [0.5, 0.6) is 0 Å². The second kappa shape index (κ2) is 13.8. The summed E-state index contributed by atoms with van der Waals surface area (Å²) in [7, 11) is 0. The molecule has 6 atom stereocenters. The molecule has 2 fully saturated rings. The normalized spacial score (nSPS) is 23.2. The summed E-state index contributed by atoms with van der Waals surface area (Å²) < 4.78 is 5.60. The fourth-order valence-corrected chi connectivity index (χ4v) is 7.22. The Morgan fingerprint density at radius 1 is 0.939 bits per heavy atom. The third-order valence-corrected chi connectivity index (χ3v) is 10.1. The van der Waals surface area contributed by atoms with Crippen molar-refractivity contribution in [3.05, 3.63) is 35.4 Å². The van der Waals surface area contributed by atoms with Crippen LogP contribution in [0.4, 0.5) is 4.79 Å². The zero-order chi connectivity index (χ0) is 35.8. The highest BCUT2D eigenvalue weighted by atomic mass is 16.6. The number of carbonyl (C=O) groups excluding carboxylic acids is 6. The lowest BCUT2D eigenvalue weighted by Gasteiger charge is -2.35. The fraction of sp³-hybridized carbons (Fsp3) is 0.622. The van der Waals surface area contributed by atoms with E-state index in [1.165, 1.54) is 4.90 Å². The molecule has 49 heavy (non-hydrogen) atoms. The van der Waals surface area contributed by atoms with Crippen molar-refractivity contribution in [2.75, 3.05) is 6.54 Å². The van der Waals surface area contributed by atoms with Gasteiger partial charge in [0.2, 0.25) is 17.6 Å². The zero-order valence-electron chi connectivity index (χ0n) is 29.3. The molecule has 1 saturated heterocycles. The Morgan fingerprint density at radius 3 is 2.06 bits per heavy atom. The Morgan fingerprint density at radius 2 is 1.57 bits per heavy atom. The van der Waals surface area contributed by atoms with Crippen LogP contribution >= 0.6 is 0 Å². The molecule has 0 radical (unpaired) electrons. The van der Waals surface area contributed by atoms with Gasteiger partial charge in [0.15, 0.2) is 0 Å². The van der Waals surface area contributed by atoms with Crippen molar-refractivity contribution in [3.63, 3.8) is 0 Å². The largest absolute Gasteiger partial charge is 0.458 e. The summed E-state index contributed by atoms with van der Waals surface area (Å²) in [5.74, 6) is 1.58. The molecule has 5 rings (SSSR count). The third-order valence-electron chi connectivity index (χ3n) is 10.1. The predicted molar refractivity (Wildman–Crippen MR) is 180 cm³/mol. The predicted octanol–water partition coefficient (Wildman–Crippen LogP) is 2.02. The minimum absolute atomic E-state index is 0.174. The van der Waals surface area contributed by atoms with Crippen LogP contribution in [0.1, 0.15) is 78.4 Å². The lowest BCUT2D eigenvalue weighted by atomic mass is 9.79. The molecule has 5 N–H and O–H groups in total. The van der Waals surface area contributed by atoms with Gasteiger partial charge in [-0.1, -0.05) is 76.1 Å². The molecule has 1 heterocycles. The van der Waals surface area contributed by atoms with E-state index in [9.17, 15) is 28.8 Å². The molecule has 12 nitrogen and oxygen atoms in total. The summed E-state index contributed by atoms with van der Waals surface area (Å²) in [5.41, 5.74) is 5.98. The van der Waals surface area contributed by atoms with E-state index in [0.717, 1.165) is 30.4 Å². The maximum atomic E-state index is 14.6. The van der Waals surface area contributed by atoms with Crippen LogP contribution in [0.2, 0.25) is 0 Å². The van der Waals surface area contributed by atoms with Gasteiger partial charge in [0, 0.05) is 6.54 Å². The van der Waals surface area contributed by atoms with Crippen LogP contribution in [0.3, 0.4) is 0 Å². The number of benzene rings is 1. The molecule has 0 spiro atoms. The lowest BCUT2D eigenvalue weighted by Crippen LogP contribution is -2.61. The van der Waals surface area contributed by atoms with Gasteiger partial charge in [-0.25, -0.2) is 9.59 Å². The quantitative estimate of drug-likeness (QED) is 0.158. The molecule has 1 aromatic carbocycles. The van der Waals surface area contributed by atoms with E-state index < -0.39 is 76.6 Å². The number of amides is 5. The smallest absolute Gasteiger partial charge is 0.329 e. The first-order valence-corrected chi connectivity index (χ1v) is 17.2. The molecule has 0 bridgehead atoms. The highest BCUT2D eigenvalue weighted by Gasteiger charge is 2.52. The number of nitrogens with one attached hydrogen (secondary N) is 3. The van der Waals surface area contributed by atoms with Crippen LogP contribution in [0.25, 0.3) is 0 Å². The molecule has 1 aliphatic heterocycles. The number of nitrogens with zero attached hydrogens (tertiary/aromatic N) is 1. The van der Waals surface area contributed by atoms with E-state index in [4.69, 9.17) is 10.5 Å². The van der Waals surface area contributed by atoms with E-state index in [1.54, 1.807) is 20.8 Å². The number of fused-ring (bicyclic) bond motifs is 2. The molecule has 0 aromatic heterocycles. The summed E-state index contributed by atoms with van der Waals surface area (Å²) >= 11 is 0. The number of carbonyl (C=O) groups is 6.